The molecular formula is C13H15NO2. The Bertz CT molecular complexity index is 564. The summed E-state index contributed by atoms with van der Waals surface area (Å²) in [6.07, 6.45) is 2.75. The first-order valence-electron chi connectivity index (χ1n) is 5.33. The molecule has 2 aromatic heterocycles. The van der Waals surface area contributed by atoms with Crippen molar-refractivity contribution in [2.24, 2.45) is 5.41 Å². The molecule has 0 unspecified atom stereocenters. The zero-order valence-corrected chi connectivity index (χ0v) is 9.78. The van der Waals surface area contributed by atoms with Gasteiger partial charge in [-0.25, -0.2) is 4.79 Å². The topological polar surface area (TPSA) is 43.1 Å². The van der Waals surface area contributed by atoms with Gasteiger partial charge in [0.2, 0.25) is 0 Å². The summed E-state index contributed by atoms with van der Waals surface area (Å²) < 4.78 is 5.10. The number of hydrogen-bond acceptors (Lipinski definition) is 3. The standard InChI is InChI=1S/C13H15NO2/c1-13(2,3)7-9-6-11-10(14-8-9)4-5-12(15)16-11/h4-6,8H,7H2,1-3H3. The second kappa shape index (κ2) is 3.74. The molecule has 84 valence electrons. The first-order valence-corrected chi connectivity index (χ1v) is 5.33. The van der Waals surface area contributed by atoms with Gasteiger partial charge >= 0.3 is 5.63 Å². The fourth-order valence-electron chi connectivity index (χ4n) is 1.70. The Morgan fingerprint density at radius 3 is 2.75 bits per heavy atom. The lowest BCUT2D eigenvalue weighted by Gasteiger charge is -2.17. The molecule has 2 rings (SSSR count). The number of pyridine rings is 1. The molecular weight excluding hydrogens is 202 g/mol. The Morgan fingerprint density at radius 2 is 2.06 bits per heavy atom. The summed E-state index contributed by atoms with van der Waals surface area (Å²) in [6, 6.07) is 4.97. The highest BCUT2D eigenvalue weighted by Crippen LogP contribution is 2.21. The van der Waals surface area contributed by atoms with Crippen molar-refractivity contribution < 1.29 is 4.42 Å². The van der Waals surface area contributed by atoms with Crippen LogP contribution >= 0.6 is 0 Å². The number of nitrogens with zero attached hydrogens (tertiary/aromatic N) is 1. The second-order valence-corrected chi connectivity index (χ2v) is 5.22. The van der Waals surface area contributed by atoms with E-state index in [9.17, 15) is 4.79 Å². The number of rotatable bonds is 1. The predicted molar refractivity (Wildman–Crippen MR) is 63.4 cm³/mol. The van der Waals surface area contributed by atoms with E-state index in [1.807, 2.05) is 12.3 Å². The monoisotopic (exact) mass is 217 g/mol. The Morgan fingerprint density at radius 1 is 1.31 bits per heavy atom. The van der Waals surface area contributed by atoms with E-state index in [4.69, 9.17) is 4.42 Å². The van der Waals surface area contributed by atoms with E-state index >= 15 is 0 Å². The van der Waals surface area contributed by atoms with Crippen molar-refractivity contribution >= 4 is 11.1 Å². The van der Waals surface area contributed by atoms with Gasteiger partial charge in [-0.3, -0.25) is 4.98 Å². The highest BCUT2D eigenvalue weighted by Gasteiger charge is 2.12. The van der Waals surface area contributed by atoms with Crippen molar-refractivity contribution in [1.29, 1.82) is 0 Å². The van der Waals surface area contributed by atoms with Crippen LogP contribution in [0.1, 0.15) is 26.3 Å². The van der Waals surface area contributed by atoms with Gasteiger partial charge in [-0.05, 0) is 29.5 Å². The third kappa shape index (κ3) is 2.48. The van der Waals surface area contributed by atoms with Gasteiger partial charge in [0.05, 0.1) is 0 Å². The van der Waals surface area contributed by atoms with Crippen LogP contribution in [0.2, 0.25) is 0 Å². The van der Waals surface area contributed by atoms with Crippen LogP contribution in [0.3, 0.4) is 0 Å². The molecule has 0 aliphatic rings. The molecule has 3 heteroatoms. The maximum absolute atomic E-state index is 11.1. The van der Waals surface area contributed by atoms with Crippen molar-refractivity contribution in [2.75, 3.05) is 0 Å². The van der Waals surface area contributed by atoms with Crippen molar-refractivity contribution in [3.05, 3.63) is 40.4 Å². The Kier molecular flexibility index (Phi) is 2.54. The molecule has 0 aliphatic carbocycles. The maximum atomic E-state index is 11.1. The molecule has 0 saturated carbocycles. The van der Waals surface area contributed by atoms with Gasteiger partial charge in [0.1, 0.15) is 5.52 Å². The minimum absolute atomic E-state index is 0.199. The molecule has 0 saturated heterocycles. The van der Waals surface area contributed by atoms with Crippen LogP contribution < -0.4 is 5.63 Å². The van der Waals surface area contributed by atoms with E-state index in [1.54, 1.807) is 6.07 Å². The normalized spacial score (nSPS) is 11.9. The highest BCUT2D eigenvalue weighted by molar-refractivity contribution is 5.71. The number of aromatic nitrogens is 1. The molecule has 0 atom stereocenters. The summed E-state index contributed by atoms with van der Waals surface area (Å²) in [5.41, 5.74) is 2.24. The van der Waals surface area contributed by atoms with Crippen LogP contribution in [-0.2, 0) is 6.42 Å². The van der Waals surface area contributed by atoms with Crippen LogP contribution in [0.4, 0.5) is 0 Å². The van der Waals surface area contributed by atoms with Gasteiger partial charge in [0, 0.05) is 12.3 Å². The summed E-state index contributed by atoms with van der Waals surface area (Å²) in [7, 11) is 0. The molecule has 0 bridgehead atoms. The fraction of sp³-hybridized carbons (Fsp3) is 0.385. The van der Waals surface area contributed by atoms with Gasteiger partial charge in [-0.1, -0.05) is 20.8 Å². The van der Waals surface area contributed by atoms with Crippen LogP contribution in [0, 0.1) is 5.41 Å². The molecule has 0 amide bonds. The molecule has 0 N–H and O–H groups in total. The fourth-order valence-corrected chi connectivity index (χ4v) is 1.70. The predicted octanol–water partition coefficient (Wildman–Crippen LogP) is 2.78. The lowest BCUT2D eigenvalue weighted by Crippen LogP contribution is -2.09. The summed E-state index contributed by atoms with van der Waals surface area (Å²) in [5.74, 6) is 0. The average molecular weight is 217 g/mol. The Labute approximate surface area is 94.1 Å². The third-order valence-electron chi connectivity index (χ3n) is 2.26. The highest BCUT2D eigenvalue weighted by atomic mass is 16.4. The molecule has 0 spiro atoms. The Hall–Kier alpha value is -1.64. The largest absolute Gasteiger partial charge is 0.421 e. The van der Waals surface area contributed by atoms with Crippen molar-refractivity contribution in [3.63, 3.8) is 0 Å². The van der Waals surface area contributed by atoms with E-state index in [1.165, 1.54) is 6.07 Å². The maximum Gasteiger partial charge on any atom is 0.336 e. The third-order valence-corrected chi connectivity index (χ3v) is 2.26. The van der Waals surface area contributed by atoms with Crippen LogP contribution in [0.5, 0.6) is 0 Å². The first kappa shape index (κ1) is 10.9. The smallest absolute Gasteiger partial charge is 0.336 e. The van der Waals surface area contributed by atoms with E-state index in [-0.39, 0.29) is 11.0 Å². The lowest BCUT2D eigenvalue weighted by atomic mass is 9.89. The molecule has 2 heterocycles. The minimum atomic E-state index is -0.331. The molecule has 0 fully saturated rings. The summed E-state index contributed by atoms with van der Waals surface area (Å²) >= 11 is 0. The van der Waals surface area contributed by atoms with Crippen LogP contribution in [0.15, 0.2) is 33.6 Å². The molecule has 0 radical (unpaired) electrons. The SMILES string of the molecule is CC(C)(C)Cc1cnc2ccc(=O)oc2c1. The van der Waals surface area contributed by atoms with Gasteiger partial charge in [-0.2, -0.15) is 0 Å². The quantitative estimate of drug-likeness (QED) is 0.737. The second-order valence-electron chi connectivity index (χ2n) is 5.22. The number of hydrogen-bond donors (Lipinski definition) is 0. The summed E-state index contributed by atoms with van der Waals surface area (Å²) in [4.78, 5) is 15.4. The molecule has 3 nitrogen and oxygen atoms in total. The number of fused-ring (bicyclic) bond motifs is 1. The van der Waals surface area contributed by atoms with Gasteiger partial charge in [0.15, 0.2) is 5.58 Å². The van der Waals surface area contributed by atoms with E-state index in [0.717, 1.165) is 17.5 Å². The Balaban J connectivity index is 2.47. The van der Waals surface area contributed by atoms with Gasteiger partial charge in [0.25, 0.3) is 0 Å². The molecule has 0 aromatic carbocycles. The molecule has 0 aliphatic heterocycles. The molecule has 16 heavy (non-hydrogen) atoms. The summed E-state index contributed by atoms with van der Waals surface area (Å²) in [6.45, 7) is 6.50. The van der Waals surface area contributed by atoms with E-state index in [0.29, 0.717) is 5.58 Å². The lowest BCUT2D eigenvalue weighted by molar-refractivity contribution is 0.410. The van der Waals surface area contributed by atoms with Crippen molar-refractivity contribution in [2.45, 2.75) is 27.2 Å². The van der Waals surface area contributed by atoms with Crippen molar-refractivity contribution in [3.8, 4) is 0 Å². The van der Waals surface area contributed by atoms with Crippen molar-refractivity contribution in [1.82, 2.24) is 4.98 Å². The minimum Gasteiger partial charge on any atom is -0.421 e. The van der Waals surface area contributed by atoms with E-state index in [2.05, 4.69) is 25.8 Å². The zero-order valence-electron chi connectivity index (χ0n) is 9.78. The van der Waals surface area contributed by atoms with Crippen LogP contribution in [0.25, 0.3) is 11.1 Å². The summed E-state index contributed by atoms with van der Waals surface area (Å²) in [5, 5.41) is 0. The van der Waals surface area contributed by atoms with Gasteiger partial charge in [-0.15, -0.1) is 0 Å². The van der Waals surface area contributed by atoms with E-state index < -0.39 is 0 Å². The van der Waals surface area contributed by atoms with Gasteiger partial charge < -0.3 is 4.42 Å². The average Bonchev–Trinajstić information content (AvgIpc) is 2.14. The first-order chi connectivity index (χ1) is 7.44. The zero-order chi connectivity index (χ0) is 11.8. The van der Waals surface area contributed by atoms with Crippen LogP contribution in [-0.4, -0.2) is 4.98 Å². The molecule has 2 aromatic rings.